The van der Waals surface area contributed by atoms with Crippen LogP contribution in [0.4, 0.5) is 10.1 Å². The fourth-order valence-corrected chi connectivity index (χ4v) is 3.90. The van der Waals surface area contributed by atoms with Gasteiger partial charge < -0.3 is 9.73 Å². The van der Waals surface area contributed by atoms with Crippen molar-refractivity contribution in [2.75, 3.05) is 5.32 Å². The molecule has 1 aromatic carbocycles. The van der Waals surface area contributed by atoms with Crippen molar-refractivity contribution in [3.05, 3.63) is 54.3 Å². The van der Waals surface area contributed by atoms with E-state index in [1.807, 2.05) is 30.4 Å². The molecule has 4 rings (SSSR count). The summed E-state index contributed by atoms with van der Waals surface area (Å²) in [4.78, 5) is 12.7. The Morgan fingerprint density at radius 3 is 2.78 bits per heavy atom. The number of furan rings is 1. The Kier molecular flexibility index (Phi) is 4.57. The van der Waals surface area contributed by atoms with Gasteiger partial charge in [-0.1, -0.05) is 18.7 Å². The number of halogens is 1. The molecule has 1 amide bonds. The standard InChI is InChI=1S/C19H17FN4O2S/c1-3-17(18(25)21-13-6-4-12(20)5-7-13)27-19-15-10-16-14(8-9-26-16)24(15)11(2)22-23-19/h4-10,17H,3H2,1-2H3,(H,21,25). The van der Waals surface area contributed by atoms with Crippen LogP contribution in [0.15, 0.2) is 52.1 Å². The van der Waals surface area contributed by atoms with E-state index in [2.05, 4.69) is 15.5 Å². The minimum Gasteiger partial charge on any atom is -0.463 e. The smallest absolute Gasteiger partial charge is 0.237 e. The molecule has 0 fully saturated rings. The van der Waals surface area contributed by atoms with Gasteiger partial charge in [0.15, 0.2) is 5.58 Å². The normalized spacial score (nSPS) is 12.6. The summed E-state index contributed by atoms with van der Waals surface area (Å²) < 4.78 is 20.5. The number of carbonyl (C=O) groups is 1. The topological polar surface area (TPSA) is 72.4 Å². The summed E-state index contributed by atoms with van der Waals surface area (Å²) in [7, 11) is 0. The first kappa shape index (κ1) is 17.5. The Morgan fingerprint density at radius 1 is 1.26 bits per heavy atom. The van der Waals surface area contributed by atoms with Gasteiger partial charge in [0, 0.05) is 17.8 Å². The molecular weight excluding hydrogens is 367 g/mol. The summed E-state index contributed by atoms with van der Waals surface area (Å²) in [6.07, 6.45) is 2.24. The van der Waals surface area contributed by atoms with Gasteiger partial charge in [-0.25, -0.2) is 4.39 Å². The molecule has 0 bridgehead atoms. The number of nitrogens with zero attached hydrogens (tertiary/aromatic N) is 3. The fourth-order valence-electron chi connectivity index (χ4n) is 2.94. The number of fused-ring (bicyclic) bond motifs is 3. The van der Waals surface area contributed by atoms with Crippen LogP contribution in [-0.4, -0.2) is 25.8 Å². The molecule has 0 aliphatic rings. The van der Waals surface area contributed by atoms with Crippen LogP contribution in [0.2, 0.25) is 0 Å². The van der Waals surface area contributed by atoms with Crippen molar-refractivity contribution >= 4 is 40.0 Å². The summed E-state index contributed by atoms with van der Waals surface area (Å²) in [5, 5.41) is 11.6. The van der Waals surface area contributed by atoms with Gasteiger partial charge in [-0.15, -0.1) is 10.2 Å². The average Bonchev–Trinajstić information content (AvgIpc) is 3.24. The van der Waals surface area contributed by atoms with E-state index in [4.69, 9.17) is 4.42 Å². The van der Waals surface area contributed by atoms with Crippen LogP contribution in [0, 0.1) is 12.7 Å². The predicted molar refractivity (Wildman–Crippen MR) is 102 cm³/mol. The van der Waals surface area contributed by atoms with Crippen molar-refractivity contribution in [3.63, 3.8) is 0 Å². The number of anilines is 1. The molecule has 8 heteroatoms. The van der Waals surface area contributed by atoms with Crippen LogP contribution in [0.25, 0.3) is 16.6 Å². The Morgan fingerprint density at radius 2 is 2.04 bits per heavy atom. The van der Waals surface area contributed by atoms with Crippen molar-refractivity contribution in [2.45, 2.75) is 30.5 Å². The van der Waals surface area contributed by atoms with E-state index in [0.29, 0.717) is 17.1 Å². The molecule has 0 spiro atoms. The lowest BCUT2D eigenvalue weighted by atomic mass is 10.2. The highest BCUT2D eigenvalue weighted by Gasteiger charge is 2.22. The molecular formula is C19H17FN4O2S. The Hall–Kier alpha value is -2.87. The van der Waals surface area contributed by atoms with E-state index in [-0.39, 0.29) is 17.0 Å². The van der Waals surface area contributed by atoms with E-state index >= 15 is 0 Å². The summed E-state index contributed by atoms with van der Waals surface area (Å²) in [5.74, 6) is 0.240. The molecule has 1 N–H and O–H groups in total. The van der Waals surface area contributed by atoms with Crippen molar-refractivity contribution in [3.8, 4) is 0 Å². The number of rotatable bonds is 5. The minimum absolute atomic E-state index is 0.162. The SMILES string of the molecule is CCC(Sc1nnc(C)n2c1cc1occc12)C(=O)Nc1ccc(F)cc1. The molecule has 3 heterocycles. The highest BCUT2D eigenvalue weighted by molar-refractivity contribution is 8.00. The number of carbonyl (C=O) groups excluding carboxylic acids is 1. The molecule has 0 saturated heterocycles. The molecule has 0 aliphatic heterocycles. The maximum absolute atomic E-state index is 13.0. The van der Waals surface area contributed by atoms with E-state index in [1.165, 1.54) is 36.0 Å². The molecule has 6 nitrogen and oxygen atoms in total. The van der Waals surface area contributed by atoms with Crippen LogP contribution in [-0.2, 0) is 4.79 Å². The monoisotopic (exact) mass is 384 g/mol. The third-order valence-electron chi connectivity index (χ3n) is 4.28. The second kappa shape index (κ2) is 7.03. The third-order valence-corrected chi connectivity index (χ3v) is 5.63. The second-order valence-electron chi connectivity index (χ2n) is 6.10. The number of aromatic nitrogens is 3. The second-order valence-corrected chi connectivity index (χ2v) is 7.29. The van der Waals surface area contributed by atoms with Crippen molar-refractivity contribution in [2.24, 2.45) is 0 Å². The lowest BCUT2D eigenvalue weighted by Crippen LogP contribution is -2.24. The summed E-state index contributed by atoms with van der Waals surface area (Å²) in [5.41, 5.74) is 3.08. The summed E-state index contributed by atoms with van der Waals surface area (Å²) in [6, 6.07) is 9.49. The van der Waals surface area contributed by atoms with Gasteiger partial charge in [0.05, 0.1) is 22.5 Å². The number of benzene rings is 1. The highest BCUT2D eigenvalue weighted by Crippen LogP contribution is 2.32. The zero-order chi connectivity index (χ0) is 19.0. The molecule has 0 saturated carbocycles. The molecule has 138 valence electrons. The molecule has 0 radical (unpaired) electrons. The highest BCUT2D eigenvalue weighted by atomic mass is 32.2. The predicted octanol–water partition coefficient (Wildman–Crippen LogP) is 4.43. The van der Waals surface area contributed by atoms with E-state index in [1.54, 1.807) is 6.26 Å². The van der Waals surface area contributed by atoms with Gasteiger partial charge in [0.2, 0.25) is 5.91 Å². The summed E-state index contributed by atoms with van der Waals surface area (Å²) >= 11 is 1.35. The molecule has 27 heavy (non-hydrogen) atoms. The quantitative estimate of drug-likeness (QED) is 0.515. The maximum atomic E-state index is 13.0. The molecule has 0 aliphatic carbocycles. The van der Waals surface area contributed by atoms with Gasteiger partial charge >= 0.3 is 0 Å². The van der Waals surface area contributed by atoms with Gasteiger partial charge in [-0.2, -0.15) is 0 Å². The van der Waals surface area contributed by atoms with E-state index < -0.39 is 0 Å². The number of hydrogen-bond donors (Lipinski definition) is 1. The lowest BCUT2D eigenvalue weighted by molar-refractivity contribution is -0.115. The maximum Gasteiger partial charge on any atom is 0.237 e. The Bertz CT molecular complexity index is 1120. The first-order chi connectivity index (χ1) is 13.1. The van der Waals surface area contributed by atoms with E-state index in [0.717, 1.165) is 22.4 Å². The van der Waals surface area contributed by atoms with Crippen LogP contribution in [0.5, 0.6) is 0 Å². The van der Waals surface area contributed by atoms with Crippen LogP contribution in [0.1, 0.15) is 19.2 Å². The summed E-state index contributed by atoms with van der Waals surface area (Å²) in [6.45, 7) is 3.81. The largest absolute Gasteiger partial charge is 0.463 e. The molecule has 4 aromatic rings. The first-order valence-electron chi connectivity index (χ1n) is 8.52. The number of nitrogens with one attached hydrogen (secondary N) is 1. The van der Waals surface area contributed by atoms with Gasteiger partial charge in [0.1, 0.15) is 16.7 Å². The number of amides is 1. The minimum atomic E-state index is -0.364. The number of hydrogen-bond acceptors (Lipinski definition) is 5. The van der Waals surface area contributed by atoms with Crippen LogP contribution < -0.4 is 5.32 Å². The van der Waals surface area contributed by atoms with Gasteiger partial charge in [0.25, 0.3) is 0 Å². The number of thioether (sulfide) groups is 1. The van der Waals surface area contributed by atoms with Crippen molar-refractivity contribution in [1.29, 1.82) is 0 Å². The zero-order valence-electron chi connectivity index (χ0n) is 14.8. The van der Waals surface area contributed by atoms with Gasteiger partial charge in [-0.3, -0.25) is 9.20 Å². The Balaban J connectivity index is 1.62. The van der Waals surface area contributed by atoms with Gasteiger partial charge in [-0.05, 0) is 37.6 Å². The van der Waals surface area contributed by atoms with E-state index in [9.17, 15) is 9.18 Å². The zero-order valence-corrected chi connectivity index (χ0v) is 15.6. The molecule has 1 atom stereocenters. The Labute approximate surface area is 158 Å². The van der Waals surface area contributed by atoms with Crippen LogP contribution >= 0.6 is 11.8 Å². The first-order valence-corrected chi connectivity index (χ1v) is 9.40. The average molecular weight is 384 g/mol. The fraction of sp³-hybridized carbons (Fsp3) is 0.211. The molecule has 1 unspecified atom stereocenters. The van der Waals surface area contributed by atoms with Crippen molar-refractivity contribution < 1.29 is 13.6 Å². The molecule has 3 aromatic heterocycles. The third kappa shape index (κ3) is 3.28. The van der Waals surface area contributed by atoms with Crippen molar-refractivity contribution in [1.82, 2.24) is 14.6 Å². The lowest BCUT2D eigenvalue weighted by Gasteiger charge is -2.15. The number of aryl methyl sites for hydroxylation is 1. The van der Waals surface area contributed by atoms with Crippen LogP contribution in [0.3, 0.4) is 0 Å².